The second-order valence-electron chi connectivity index (χ2n) is 5.84. The normalized spacial score (nSPS) is 20.7. The SMILES string of the molecule is CC1CC(NC(=O)c2cc(Oc3ccccc3)ccn2)CCN1. The van der Waals surface area contributed by atoms with Gasteiger partial charge in [0.1, 0.15) is 17.2 Å². The van der Waals surface area contributed by atoms with Gasteiger partial charge in [0, 0.05) is 24.3 Å². The Hall–Kier alpha value is -2.40. The van der Waals surface area contributed by atoms with Crippen molar-refractivity contribution in [2.75, 3.05) is 6.54 Å². The minimum absolute atomic E-state index is 0.150. The number of ether oxygens (including phenoxy) is 1. The Morgan fingerprint density at radius 2 is 2.09 bits per heavy atom. The Labute approximate surface area is 136 Å². The first-order chi connectivity index (χ1) is 11.2. The van der Waals surface area contributed by atoms with Crippen LogP contribution in [0.3, 0.4) is 0 Å². The molecule has 23 heavy (non-hydrogen) atoms. The van der Waals surface area contributed by atoms with E-state index in [0.717, 1.165) is 25.1 Å². The first-order valence-corrected chi connectivity index (χ1v) is 7.94. The molecule has 0 bridgehead atoms. The molecule has 1 aliphatic heterocycles. The Kier molecular flexibility index (Phi) is 4.88. The van der Waals surface area contributed by atoms with Crippen LogP contribution >= 0.6 is 0 Å². The molecule has 2 unspecified atom stereocenters. The predicted octanol–water partition coefficient (Wildman–Crippen LogP) is 2.74. The zero-order valence-electron chi connectivity index (χ0n) is 13.2. The van der Waals surface area contributed by atoms with Gasteiger partial charge in [-0.05, 0) is 44.5 Å². The first-order valence-electron chi connectivity index (χ1n) is 7.94. The number of para-hydroxylation sites is 1. The largest absolute Gasteiger partial charge is 0.457 e. The molecule has 2 atom stereocenters. The van der Waals surface area contributed by atoms with Crippen LogP contribution in [0.2, 0.25) is 0 Å². The second-order valence-corrected chi connectivity index (χ2v) is 5.84. The van der Waals surface area contributed by atoms with Crippen LogP contribution in [0.1, 0.15) is 30.3 Å². The fraction of sp³-hybridized carbons (Fsp3) is 0.333. The van der Waals surface area contributed by atoms with Gasteiger partial charge in [0.25, 0.3) is 5.91 Å². The van der Waals surface area contributed by atoms with Gasteiger partial charge in [0.05, 0.1) is 0 Å². The topological polar surface area (TPSA) is 63.2 Å². The van der Waals surface area contributed by atoms with Crippen LogP contribution in [-0.4, -0.2) is 29.5 Å². The van der Waals surface area contributed by atoms with E-state index in [1.807, 2.05) is 30.3 Å². The third-order valence-corrected chi connectivity index (χ3v) is 3.90. The number of hydrogen-bond donors (Lipinski definition) is 2. The number of carbonyl (C=O) groups excluding carboxylic acids is 1. The molecule has 2 heterocycles. The summed E-state index contributed by atoms with van der Waals surface area (Å²) in [6.07, 6.45) is 3.47. The fourth-order valence-electron chi connectivity index (χ4n) is 2.75. The van der Waals surface area contributed by atoms with Crippen LogP contribution < -0.4 is 15.4 Å². The summed E-state index contributed by atoms with van der Waals surface area (Å²) < 4.78 is 5.75. The molecule has 0 aliphatic carbocycles. The number of pyridine rings is 1. The number of hydrogen-bond acceptors (Lipinski definition) is 4. The Balaban J connectivity index is 1.65. The van der Waals surface area contributed by atoms with E-state index in [2.05, 4.69) is 22.5 Å². The molecule has 1 aliphatic rings. The van der Waals surface area contributed by atoms with Crippen molar-refractivity contribution in [3.05, 3.63) is 54.4 Å². The van der Waals surface area contributed by atoms with Crippen LogP contribution in [0.4, 0.5) is 0 Å². The summed E-state index contributed by atoms with van der Waals surface area (Å²) in [5.74, 6) is 1.19. The van der Waals surface area contributed by atoms with Crippen molar-refractivity contribution >= 4 is 5.91 Å². The monoisotopic (exact) mass is 311 g/mol. The van der Waals surface area contributed by atoms with E-state index in [-0.39, 0.29) is 11.9 Å². The lowest BCUT2D eigenvalue weighted by Gasteiger charge is -2.28. The molecule has 1 fully saturated rings. The average Bonchev–Trinajstić information content (AvgIpc) is 2.56. The molecule has 1 aromatic heterocycles. The molecule has 0 spiro atoms. The summed E-state index contributed by atoms with van der Waals surface area (Å²) in [6, 6.07) is 13.5. The van der Waals surface area contributed by atoms with Crippen LogP contribution in [0, 0.1) is 0 Å². The number of nitrogens with one attached hydrogen (secondary N) is 2. The third kappa shape index (κ3) is 4.29. The van der Waals surface area contributed by atoms with E-state index in [4.69, 9.17) is 4.74 Å². The van der Waals surface area contributed by atoms with Crippen molar-refractivity contribution in [2.45, 2.75) is 31.8 Å². The highest BCUT2D eigenvalue weighted by Gasteiger charge is 2.21. The zero-order valence-corrected chi connectivity index (χ0v) is 13.2. The molecular weight excluding hydrogens is 290 g/mol. The van der Waals surface area contributed by atoms with Gasteiger partial charge in [-0.1, -0.05) is 18.2 Å². The van der Waals surface area contributed by atoms with Gasteiger partial charge in [0.15, 0.2) is 0 Å². The number of nitrogens with zero attached hydrogens (tertiary/aromatic N) is 1. The molecule has 0 saturated carbocycles. The standard InChI is InChI=1S/C18H21N3O2/c1-13-11-14(7-9-19-13)21-18(22)17-12-16(8-10-20-17)23-15-5-3-2-4-6-15/h2-6,8,10,12-14,19H,7,9,11H2,1H3,(H,21,22). The fourth-order valence-corrected chi connectivity index (χ4v) is 2.75. The quantitative estimate of drug-likeness (QED) is 0.911. The van der Waals surface area contributed by atoms with E-state index in [0.29, 0.717) is 17.5 Å². The zero-order chi connectivity index (χ0) is 16.1. The summed E-state index contributed by atoms with van der Waals surface area (Å²) in [7, 11) is 0. The summed E-state index contributed by atoms with van der Waals surface area (Å²) in [5, 5.41) is 6.43. The lowest BCUT2D eigenvalue weighted by Crippen LogP contribution is -2.46. The van der Waals surface area contributed by atoms with Crippen LogP contribution in [0.15, 0.2) is 48.7 Å². The van der Waals surface area contributed by atoms with E-state index in [9.17, 15) is 4.79 Å². The van der Waals surface area contributed by atoms with Crippen molar-refractivity contribution in [1.29, 1.82) is 0 Å². The summed E-state index contributed by atoms with van der Waals surface area (Å²) in [4.78, 5) is 16.5. The molecule has 5 heteroatoms. The van der Waals surface area contributed by atoms with Crippen molar-refractivity contribution in [3.8, 4) is 11.5 Å². The molecule has 5 nitrogen and oxygen atoms in total. The van der Waals surface area contributed by atoms with E-state index in [1.54, 1.807) is 18.3 Å². The Morgan fingerprint density at radius 1 is 1.26 bits per heavy atom. The maximum Gasteiger partial charge on any atom is 0.270 e. The lowest BCUT2D eigenvalue weighted by molar-refractivity contribution is 0.0920. The minimum Gasteiger partial charge on any atom is -0.457 e. The molecule has 2 N–H and O–H groups in total. The van der Waals surface area contributed by atoms with E-state index in [1.165, 1.54) is 0 Å². The van der Waals surface area contributed by atoms with E-state index < -0.39 is 0 Å². The average molecular weight is 311 g/mol. The molecule has 120 valence electrons. The van der Waals surface area contributed by atoms with Gasteiger partial charge in [-0.3, -0.25) is 9.78 Å². The maximum absolute atomic E-state index is 12.4. The van der Waals surface area contributed by atoms with Crippen molar-refractivity contribution in [2.24, 2.45) is 0 Å². The van der Waals surface area contributed by atoms with E-state index >= 15 is 0 Å². The summed E-state index contributed by atoms with van der Waals surface area (Å²) in [6.45, 7) is 3.06. The van der Waals surface area contributed by atoms with Crippen LogP contribution in [-0.2, 0) is 0 Å². The summed E-state index contributed by atoms with van der Waals surface area (Å²) in [5.41, 5.74) is 0.379. The molecule has 1 aromatic carbocycles. The molecule has 0 radical (unpaired) electrons. The van der Waals surface area contributed by atoms with Gasteiger partial charge in [-0.25, -0.2) is 0 Å². The van der Waals surface area contributed by atoms with Crippen LogP contribution in [0.5, 0.6) is 11.5 Å². The van der Waals surface area contributed by atoms with Crippen molar-refractivity contribution in [1.82, 2.24) is 15.6 Å². The molecule has 1 amide bonds. The van der Waals surface area contributed by atoms with Gasteiger partial charge in [-0.2, -0.15) is 0 Å². The summed E-state index contributed by atoms with van der Waals surface area (Å²) >= 11 is 0. The Bertz CT molecular complexity index is 660. The lowest BCUT2D eigenvalue weighted by atomic mass is 10.0. The highest BCUT2D eigenvalue weighted by atomic mass is 16.5. The van der Waals surface area contributed by atoms with Gasteiger partial charge in [-0.15, -0.1) is 0 Å². The smallest absolute Gasteiger partial charge is 0.270 e. The highest BCUT2D eigenvalue weighted by molar-refractivity contribution is 5.92. The number of aromatic nitrogens is 1. The molecular formula is C18H21N3O2. The predicted molar refractivity (Wildman–Crippen MR) is 88.7 cm³/mol. The number of piperidine rings is 1. The second kappa shape index (κ2) is 7.24. The van der Waals surface area contributed by atoms with Gasteiger partial charge in [0.2, 0.25) is 0 Å². The number of rotatable bonds is 4. The third-order valence-electron chi connectivity index (χ3n) is 3.90. The molecule has 3 rings (SSSR count). The minimum atomic E-state index is -0.150. The van der Waals surface area contributed by atoms with Gasteiger partial charge < -0.3 is 15.4 Å². The number of benzene rings is 1. The number of amides is 1. The maximum atomic E-state index is 12.4. The highest BCUT2D eigenvalue weighted by Crippen LogP contribution is 2.21. The first kappa shape index (κ1) is 15.5. The van der Waals surface area contributed by atoms with Gasteiger partial charge >= 0.3 is 0 Å². The number of carbonyl (C=O) groups is 1. The van der Waals surface area contributed by atoms with Crippen LogP contribution in [0.25, 0.3) is 0 Å². The molecule has 2 aromatic rings. The van der Waals surface area contributed by atoms with Crippen molar-refractivity contribution < 1.29 is 9.53 Å². The molecule has 1 saturated heterocycles. The van der Waals surface area contributed by atoms with Crippen molar-refractivity contribution in [3.63, 3.8) is 0 Å². The Morgan fingerprint density at radius 3 is 2.87 bits per heavy atom.